The zero-order valence-corrected chi connectivity index (χ0v) is 8.29. The quantitative estimate of drug-likeness (QED) is 0.766. The standard InChI is InChI=1S/C11H14N2O/c1-2-11(14)12-13-8-7-9-5-3-4-6-10(9)13/h3-6H,2,7-8H2,1H3,(H,12,14). The number of fused-ring (bicyclic) bond motifs is 1. The molecule has 1 heterocycles. The third-order valence-corrected chi connectivity index (χ3v) is 2.47. The van der Waals surface area contributed by atoms with Crippen LogP contribution >= 0.6 is 0 Å². The van der Waals surface area contributed by atoms with E-state index in [0.717, 1.165) is 18.7 Å². The van der Waals surface area contributed by atoms with Crippen LogP contribution in [0.4, 0.5) is 5.69 Å². The molecule has 3 heteroatoms. The zero-order valence-electron chi connectivity index (χ0n) is 8.29. The Hall–Kier alpha value is -1.51. The third kappa shape index (κ3) is 1.58. The van der Waals surface area contributed by atoms with Gasteiger partial charge in [0, 0.05) is 13.0 Å². The van der Waals surface area contributed by atoms with Gasteiger partial charge in [0.25, 0.3) is 0 Å². The van der Waals surface area contributed by atoms with Crippen molar-refractivity contribution in [1.29, 1.82) is 0 Å². The maximum absolute atomic E-state index is 11.2. The Morgan fingerprint density at radius 3 is 3.07 bits per heavy atom. The predicted molar refractivity (Wildman–Crippen MR) is 55.9 cm³/mol. The first-order valence-corrected chi connectivity index (χ1v) is 4.96. The molecule has 0 aromatic heterocycles. The van der Waals surface area contributed by atoms with E-state index in [1.165, 1.54) is 5.56 Å². The number of hydrogen-bond acceptors (Lipinski definition) is 2. The molecule has 0 atom stereocenters. The summed E-state index contributed by atoms with van der Waals surface area (Å²) in [5.41, 5.74) is 5.32. The van der Waals surface area contributed by atoms with Crippen molar-refractivity contribution in [1.82, 2.24) is 5.43 Å². The Balaban J connectivity index is 2.14. The van der Waals surface area contributed by atoms with Gasteiger partial charge in [-0.15, -0.1) is 0 Å². The number of carbonyl (C=O) groups excluding carboxylic acids is 1. The zero-order chi connectivity index (χ0) is 9.97. The lowest BCUT2D eigenvalue weighted by atomic mass is 10.2. The van der Waals surface area contributed by atoms with Crippen LogP contribution in [0.1, 0.15) is 18.9 Å². The molecule has 3 nitrogen and oxygen atoms in total. The summed E-state index contributed by atoms with van der Waals surface area (Å²) in [5.74, 6) is 0.0710. The van der Waals surface area contributed by atoms with Gasteiger partial charge in [0.2, 0.25) is 5.91 Å². The summed E-state index contributed by atoms with van der Waals surface area (Å²) in [6.45, 7) is 2.74. The molecule has 0 saturated carbocycles. The molecule has 1 aliphatic rings. The highest BCUT2D eigenvalue weighted by atomic mass is 16.2. The molecule has 1 aromatic carbocycles. The Labute approximate surface area is 83.7 Å². The Bertz CT molecular complexity index is 349. The van der Waals surface area contributed by atoms with Gasteiger partial charge in [-0.1, -0.05) is 25.1 Å². The molecule has 14 heavy (non-hydrogen) atoms. The number of hydrazine groups is 1. The first-order chi connectivity index (χ1) is 6.81. The molecular formula is C11H14N2O. The lowest BCUT2D eigenvalue weighted by molar-refractivity contribution is -0.120. The average Bonchev–Trinajstić information content (AvgIpc) is 2.62. The van der Waals surface area contributed by atoms with Crippen LogP contribution < -0.4 is 10.4 Å². The van der Waals surface area contributed by atoms with Gasteiger partial charge >= 0.3 is 0 Å². The number of hydrogen-bond donors (Lipinski definition) is 1. The Kier molecular flexibility index (Phi) is 2.39. The van der Waals surface area contributed by atoms with Crippen LogP contribution in [0.2, 0.25) is 0 Å². The van der Waals surface area contributed by atoms with Crippen molar-refractivity contribution in [2.24, 2.45) is 0 Å². The topological polar surface area (TPSA) is 32.3 Å². The number of rotatable bonds is 2. The van der Waals surface area contributed by atoms with Crippen molar-refractivity contribution in [2.75, 3.05) is 11.6 Å². The molecule has 0 spiro atoms. The summed E-state index contributed by atoms with van der Waals surface area (Å²) in [4.78, 5) is 11.2. The molecule has 0 bridgehead atoms. The highest BCUT2D eigenvalue weighted by Crippen LogP contribution is 2.25. The van der Waals surface area contributed by atoms with Crippen LogP contribution in [0, 0.1) is 0 Å². The third-order valence-electron chi connectivity index (χ3n) is 2.47. The van der Waals surface area contributed by atoms with E-state index in [-0.39, 0.29) is 5.91 Å². The lowest BCUT2D eigenvalue weighted by Gasteiger charge is -2.19. The van der Waals surface area contributed by atoms with Crippen LogP contribution in [0.3, 0.4) is 0 Å². The summed E-state index contributed by atoms with van der Waals surface area (Å²) in [6.07, 6.45) is 1.54. The van der Waals surface area contributed by atoms with Gasteiger partial charge in [0.1, 0.15) is 0 Å². The molecule has 74 valence electrons. The molecule has 0 aliphatic carbocycles. The molecular weight excluding hydrogens is 176 g/mol. The number of benzene rings is 1. The van der Waals surface area contributed by atoms with Gasteiger partial charge in [0.05, 0.1) is 5.69 Å². The minimum atomic E-state index is 0.0710. The molecule has 1 N–H and O–H groups in total. The van der Waals surface area contributed by atoms with Gasteiger partial charge in [-0.2, -0.15) is 0 Å². The van der Waals surface area contributed by atoms with E-state index in [4.69, 9.17) is 0 Å². The number of anilines is 1. The first-order valence-electron chi connectivity index (χ1n) is 4.96. The van der Waals surface area contributed by atoms with Gasteiger partial charge in [-0.05, 0) is 18.1 Å². The Morgan fingerprint density at radius 1 is 1.50 bits per heavy atom. The van der Waals surface area contributed by atoms with Crippen molar-refractivity contribution in [3.05, 3.63) is 29.8 Å². The second kappa shape index (κ2) is 3.70. The minimum Gasteiger partial charge on any atom is -0.285 e. The normalized spacial score (nSPS) is 13.9. The Morgan fingerprint density at radius 2 is 2.29 bits per heavy atom. The van der Waals surface area contributed by atoms with E-state index in [0.29, 0.717) is 6.42 Å². The molecule has 0 radical (unpaired) electrons. The number of nitrogens with one attached hydrogen (secondary N) is 1. The average molecular weight is 190 g/mol. The molecule has 0 unspecified atom stereocenters. The van der Waals surface area contributed by atoms with Crippen LogP contribution in [-0.4, -0.2) is 12.5 Å². The van der Waals surface area contributed by atoms with Gasteiger partial charge in [-0.25, -0.2) is 0 Å². The van der Waals surface area contributed by atoms with E-state index >= 15 is 0 Å². The van der Waals surface area contributed by atoms with Crippen LogP contribution in [0.25, 0.3) is 0 Å². The monoisotopic (exact) mass is 190 g/mol. The SMILES string of the molecule is CCC(=O)NN1CCc2ccccc21. The maximum atomic E-state index is 11.2. The van der Waals surface area contributed by atoms with E-state index in [1.807, 2.05) is 30.1 Å². The van der Waals surface area contributed by atoms with E-state index in [9.17, 15) is 4.79 Å². The number of carbonyl (C=O) groups is 1. The molecule has 1 aliphatic heterocycles. The summed E-state index contributed by atoms with van der Waals surface area (Å²) in [6, 6.07) is 8.17. The van der Waals surface area contributed by atoms with E-state index in [2.05, 4.69) is 11.5 Å². The van der Waals surface area contributed by atoms with Crippen LogP contribution in [-0.2, 0) is 11.2 Å². The highest BCUT2D eigenvalue weighted by molar-refractivity contribution is 5.78. The smallest absolute Gasteiger partial charge is 0.238 e. The number of amides is 1. The van der Waals surface area contributed by atoms with Crippen molar-refractivity contribution in [3.8, 4) is 0 Å². The fraction of sp³-hybridized carbons (Fsp3) is 0.364. The van der Waals surface area contributed by atoms with Crippen molar-refractivity contribution in [3.63, 3.8) is 0 Å². The fourth-order valence-corrected chi connectivity index (χ4v) is 1.68. The largest absolute Gasteiger partial charge is 0.285 e. The summed E-state index contributed by atoms with van der Waals surface area (Å²) < 4.78 is 0. The lowest BCUT2D eigenvalue weighted by Crippen LogP contribution is -2.40. The van der Waals surface area contributed by atoms with E-state index in [1.54, 1.807) is 0 Å². The highest BCUT2D eigenvalue weighted by Gasteiger charge is 2.18. The van der Waals surface area contributed by atoms with Crippen LogP contribution in [0.5, 0.6) is 0 Å². The van der Waals surface area contributed by atoms with E-state index < -0.39 is 0 Å². The molecule has 1 aromatic rings. The van der Waals surface area contributed by atoms with Gasteiger partial charge in [-0.3, -0.25) is 15.2 Å². The summed E-state index contributed by atoms with van der Waals surface area (Å²) >= 11 is 0. The second-order valence-corrected chi connectivity index (χ2v) is 3.42. The first kappa shape index (κ1) is 9.06. The summed E-state index contributed by atoms with van der Waals surface area (Å²) in [5, 5.41) is 1.93. The second-order valence-electron chi connectivity index (χ2n) is 3.42. The minimum absolute atomic E-state index is 0.0710. The van der Waals surface area contributed by atoms with Crippen molar-refractivity contribution in [2.45, 2.75) is 19.8 Å². The number of para-hydroxylation sites is 1. The maximum Gasteiger partial charge on any atom is 0.238 e. The van der Waals surface area contributed by atoms with Gasteiger partial charge < -0.3 is 0 Å². The van der Waals surface area contributed by atoms with Crippen molar-refractivity contribution >= 4 is 11.6 Å². The molecule has 0 fully saturated rings. The fourth-order valence-electron chi connectivity index (χ4n) is 1.68. The summed E-state index contributed by atoms with van der Waals surface area (Å²) in [7, 11) is 0. The number of nitrogens with zero attached hydrogens (tertiary/aromatic N) is 1. The van der Waals surface area contributed by atoms with Gasteiger partial charge in [0.15, 0.2) is 0 Å². The van der Waals surface area contributed by atoms with Crippen molar-refractivity contribution < 1.29 is 4.79 Å². The molecule has 1 amide bonds. The molecule has 2 rings (SSSR count). The van der Waals surface area contributed by atoms with Crippen LogP contribution in [0.15, 0.2) is 24.3 Å². The predicted octanol–water partition coefficient (Wildman–Crippen LogP) is 1.49. The molecule has 0 saturated heterocycles.